The first kappa shape index (κ1) is 16.5. The number of esters is 1. The minimum Gasteiger partial charge on any atom is -0.493 e. The summed E-state index contributed by atoms with van der Waals surface area (Å²) in [6, 6.07) is 11.1. The van der Waals surface area contributed by atoms with E-state index in [0.29, 0.717) is 36.0 Å². The highest BCUT2D eigenvalue weighted by atomic mass is 32.2. The lowest BCUT2D eigenvalue weighted by atomic mass is 10.1. The average molecular weight is 346 g/mol. The standard InChI is InChI=1S/C18H18O5S/c1-20-15-9-13(10-16-17(15)22-8-7-21-16)18(19)23-11-12-3-5-14(24-2)6-4-12/h3-6,9-10H,7-8,11H2,1-2H3. The molecular formula is C18H18O5S. The summed E-state index contributed by atoms with van der Waals surface area (Å²) in [5.41, 5.74) is 1.31. The van der Waals surface area contributed by atoms with E-state index < -0.39 is 5.97 Å². The van der Waals surface area contributed by atoms with Crippen LogP contribution in [0.5, 0.6) is 17.2 Å². The van der Waals surface area contributed by atoms with E-state index in [0.717, 1.165) is 5.56 Å². The molecule has 0 aromatic heterocycles. The van der Waals surface area contributed by atoms with Crippen molar-refractivity contribution in [3.05, 3.63) is 47.5 Å². The molecule has 1 aliphatic heterocycles. The van der Waals surface area contributed by atoms with Gasteiger partial charge in [-0.3, -0.25) is 0 Å². The number of carbonyl (C=O) groups is 1. The molecule has 5 nitrogen and oxygen atoms in total. The molecule has 126 valence electrons. The van der Waals surface area contributed by atoms with Gasteiger partial charge in [0.2, 0.25) is 5.75 Å². The largest absolute Gasteiger partial charge is 0.493 e. The van der Waals surface area contributed by atoms with Gasteiger partial charge in [0, 0.05) is 4.90 Å². The zero-order valence-electron chi connectivity index (χ0n) is 13.5. The third kappa shape index (κ3) is 3.59. The molecule has 0 amide bonds. The van der Waals surface area contributed by atoms with Crippen LogP contribution >= 0.6 is 11.8 Å². The summed E-state index contributed by atoms with van der Waals surface area (Å²) in [5.74, 6) is 1.05. The van der Waals surface area contributed by atoms with Crippen molar-refractivity contribution in [1.29, 1.82) is 0 Å². The van der Waals surface area contributed by atoms with E-state index in [9.17, 15) is 4.79 Å². The molecule has 0 atom stereocenters. The molecule has 0 saturated carbocycles. The van der Waals surface area contributed by atoms with E-state index in [-0.39, 0.29) is 6.61 Å². The number of hydrogen-bond acceptors (Lipinski definition) is 6. The molecule has 1 aliphatic rings. The van der Waals surface area contributed by atoms with Crippen LogP contribution < -0.4 is 14.2 Å². The van der Waals surface area contributed by atoms with E-state index in [1.54, 1.807) is 23.9 Å². The summed E-state index contributed by atoms with van der Waals surface area (Å²) < 4.78 is 21.7. The minimum atomic E-state index is -0.431. The number of carbonyl (C=O) groups excluding carboxylic acids is 1. The molecule has 0 bridgehead atoms. The highest BCUT2D eigenvalue weighted by Crippen LogP contribution is 2.40. The van der Waals surface area contributed by atoms with E-state index in [2.05, 4.69) is 0 Å². The van der Waals surface area contributed by atoms with Crippen molar-refractivity contribution in [2.24, 2.45) is 0 Å². The Balaban J connectivity index is 1.72. The molecule has 0 spiro atoms. The normalized spacial score (nSPS) is 12.6. The lowest BCUT2D eigenvalue weighted by Crippen LogP contribution is -2.17. The summed E-state index contributed by atoms with van der Waals surface area (Å²) in [6.45, 7) is 1.11. The Hall–Kier alpha value is -2.34. The number of fused-ring (bicyclic) bond motifs is 1. The molecule has 24 heavy (non-hydrogen) atoms. The number of hydrogen-bond donors (Lipinski definition) is 0. The Morgan fingerprint density at radius 3 is 2.62 bits per heavy atom. The van der Waals surface area contributed by atoms with Crippen LogP contribution in [0.25, 0.3) is 0 Å². The third-order valence-corrected chi connectivity index (χ3v) is 4.34. The van der Waals surface area contributed by atoms with Gasteiger partial charge in [0.05, 0.1) is 12.7 Å². The van der Waals surface area contributed by atoms with Crippen LogP contribution in [-0.4, -0.2) is 32.5 Å². The molecule has 2 aromatic rings. The fourth-order valence-electron chi connectivity index (χ4n) is 2.34. The highest BCUT2D eigenvalue weighted by Gasteiger charge is 2.21. The first-order valence-electron chi connectivity index (χ1n) is 7.49. The van der Waals surface area contributed by atoms with E-state index in [1.165, 1.54) is 12.0 Å². The second-order valence-electron chi connectivity index (χ2n) is 5.13. The zero-order valence-corrected chi connectivity index (χ0v) is 14.4. The Morgan fingerprint density at radius 2 is 1.92 bits per heavy atom. The number of ether oxygens (including phenoxy) is 4. The van der Waals surface area contributed by atoms with Crippen LogP contribution in [0.3, 0.4) is 0 Å². The topological polar surface area (TPSA) is 54.0 Å². The molecule has 0 unspecified atom stereocenters. The molecule has 0 N–H and O–H groups in total. The van der Waals surface area contributed by atoms with Gasteiger partial charge in [-0.25, -0.2) is 4.79 Å². The van der Waals surface area contributed by atoms with E-state index in [1.807, 2.05) is 30.5 Å². The Kier molecular flexibility index (Phi) is 5.15. The molecule has 2 aromatic carbocycles. The van der Waals surface area contributed by atoms with Crippen molar-refractivity contribution in [1.82, 2.24) is 0 Å². The molecule has 0 radical (unpaired) electrons. The smallest absolute Gasteiger partial charge is 0.338 e. The molecule has 6 heteroatoms. The van der Waals surface area contributed by atoms with E-state index >= 15 is 0 Å². The van der Waals surface area contributed by atoms with Gasteiger partial charge in [0.1, 0.15) is 19.8 Å². The molecule has 0 fully saturated rings. The highest BCUT2D eigenvalue weighted by molar-refractivity contribution is 7.98. The van der Waals surface area contributed by atoms with Crippen LogP contribution in [0.15, 0.2) is 41.3 Å². The van der Waals surface area contributed by atoms with Crippen molar-refractivity contribution in [2.45, 2.75) is 11.5 Å². The first-order chi connectivity index (χ1) is 11.7. The van der Waals surface area contributed by atoms with Gasteiger partial charge in [-0.2, -0.15) is 0 Å². The van der Waals surface area contributed by atoms with Crippen LogP contribution in [0.2, 0.25) is 0 Å². The Labute approximate surface area is 144 Å². The fraction of sp³-hybridized carbons (Fsp3) is 0.278. The van der Waals surface area contributed by atoms with Gasteiger partial charge < -0.3 is 18.9 Å². The van der Waals surface area contributed by atoms with Gasteiger partial charge in [-0.15, -0.1) is 11.8 Å². The van der Waals surface area contributed by atoms with Crippen LogP contribution in [0.4, 0.5) is 0 Å². The van der Waals surface area contributed by atoms with Crippen molar-refractivity contribution in [3.8, 4) is 17.2 Å². The minimum absolute atomic E-state index is 0.213. The molecule has 0 saturated heterocycles. The van der Waals surface area contributed by atoms with Gasteiger partial charge in [0.25, 0.3) is 0 Å². The summed E-state index contributed by atoms with van der Waals surface area (Å²) >= 11 is 1.67. The van der Waals surface area contributed by atoms with Crippen LogP contribution in [0, 0.1) is 0 Å². The van der Waals surface area contributed by atoms with Crippen molar-refractivity contribution in [2.75, 3.05) is 26.6 Å². The molecule has 3 rings (SSSR count). The maximum atomic E-state index is 12.3. The van der Waals surface area contributed by atoms with Gasteiger partial charge in [-0.05, 0) is 36.1 Å². The summed E-state index contributed by atoms with van der Waals surface area (Å²) in [4.78, 5) is 13.5. The van der Waals surface area contributed by atoms with Crippen molar-refractivity contribution < 1.29 is 23.7 Å². The number of thioether (sulfide) groups is 1. The lowest BCUT2D eigenvalue weighted by Gasteiger charge is -2.21. The molecular weight excluding hydrogens is 328 g/mol. The van der Waals surface area contributed by atoms with Gasteiger partial charge >= 0.3 is 5.97 Å². The first-order valence-corrected chi connectivity index (χ1v) is 8.71. The van der Waals surface area contributed by atoms with Gasteiger partial charge in [0.15, 0.2) is 11.5 Å². The van der Waals surface area contributed by atoms with E-state index in [4.69, 9.17) is 18.9 Å². The predicted molar refractivity (Wildman–Crippen MR) is 91.3 cm³/mol. The monoisotopic (exact) mass is 346 g/mol. The van der Waals surface area contributed by atoms with Crippen LogP contribution in [-0.2, 0) is 11.3 Å². The number of methoxy groups -OCH3 is 1. The van der Waals surface area contributed by atoms with Crippen LogP contribution in [0.1, 0.15) is 15.9 Å². The number of rotatable bonds is 5. The fourth-order valence-corrected chi connectivity index (χ4v) is 2.75. The average Bonchev–Trinajstić information content (AvgIpc) is 2.65. The second kappa shape index (κ2) is 7.49. The zero-order chi connectivity index (χ0) is 16.9. The lowest BCUT2D eigenvalue weighted by molar-refractivity contribution is 0.0471. The van der Waals surface area contributed by atoms with Gasteiger partial charge in [-0.1, -0.05) is 12.1 Å². The quantitative estimate of drug-likeness (QED) is 0.610. The number of benzene rings is 2. The van der Waals surface area contributed by atoms with Crippen molar-refractivity contribution in [3.63, 3.8) is 0 Å². The molecule has 0 aliphatic carbocycles. The third-order valence-electron chi connectivity index (χ3n) is 3.59. The SMILES string of the molecule is COc1cc(C(=O)OCc2ccc(SC)cc2)cc2c1OCCO2. The maximum Gasteiger partial charge on any atom is 0.338 e. The second-order valence-corrected chi connectivity index (χ2v) is 6.01. The molecule has 1 heterocycles. The van der Waals surface area contributed by atoms with Crippen molar-refractivity contribution >= 4 is 17.7 Å². The predicted octanol–water partition coefficient (Wildman–Crippen LogP) is 3.55. The Morgan fingerprint density at radius 1 is 1.17 bits per heavy atom. The summed E-state index contributed by atoms with van der Waals surface area (Å²) in [5, 5.41) is 0. The summed E-state index contributed by atoms with van der Waals surface area (Å²) in [7, 11) is 1.52. The Bertz CT molecular complexity index is 710. The maximum absolute atomic E-state index is 12.3. The summed E-state index contributed by atoms with van der Waals surface area (Å²) in [6.07, 6.45) is 2.02.